The molecule has 0 unspecified atom stereocenters. The Labute approximate surface area is 231 Å². The van der Waals surface area contributed by atoms with Crippen molar-refractivity contribution < 1.29 is 0 Å². The van der Waals surface area contributed by atoms with E-state index in [1.54, 1.807) is 0 Å². The van der Waals surface area contributed by atoms with Crippen LogP contribution in [0, 0.1) is 0 Å². The molecule has 3 nitrogen and oxygen atoms in total. The van der Waals surface area contributed by atoms with Crippen molar-refractivity contribution in [2.24, 2.45) is 0 Å². The van der Waals surface area contributed by atoms with Gasteiger partial charge in [-0.05, 0) is 85.9 Å². The van der Waals surface area contributed by atoms with Crippen molar-refractivity contribution in [3.8, 4) is 33.6 Å². The maximum absolute atomic E-state index is 4.82. The van der Waals surface area contributed by atoms with Gasteiger partial charge < -0.3 is 0 Å². The van der Waals surface area contributed by atoms with Gasteiger partial charge in [0.25, 0.3) is 0 Å². The second-order valence-corrected chi connectivity index (χ2v) is 10.0. The minimum atomic E-state index is 0.957. The van der Waals surface area contributed by atoms with Gasteiger partial charge in [-0.3, -0.25) is 15.0 Å². The number of fused-ring (bicyclic) bond motifs is 5. The SMILES string of the molecule is c1ccc(-c2c3ccccc3c(-c3ccccn3)c3cc(-c4cc5ncccc5c5ccccc45)ccc23)nc1. The molecule has 186 valence electrons. The zero-order valence-electron chi connectivity index (χ0n) is 21.6. The largest absolute Gasteiger partial charge is 0.256 e. The van der Waals surface area contributed by atoms with Gasteiger partial charge in [0.15, 0.2) is 0 Å². The Morgan fingerprint density at radius 1 is 0.350 bits per heavy atom. The maximum atomic E-state index is 4.82. The summed E-state index contributed by atoms with van der Waals surface area (Å²) in [7, 11) is 0. The Morgan fingerprint density at radius 2 is 0.900 bits per heavy atom. The fraction of sp³-hybridized carbons (Fsp3) is 0. The molecule has 0 atom stereocenters. The number of nitrogens with zero attached hydrogens (tertiary/aromatic N) is 3. The van der Waals surface area contributed by atoms with Crippen LogP contribution in [0.2, 0.25) is 0 Å². The van der Waals surface area contributed by atoms with E-state index in [0.717, 1.165) is 49.8 Å². The summed E-state index contributed by atoms with van der Waals surface area (Å²) in [5.74, 6) is 0. The third-order valence-corrected chi connectivity index (χ3v) is 7.80. The highest BCUT2D eigenvalue weighted by Gasteiger charge is 2.19. The molecule has 0 radical (unpaired) electrons. The number of hydrogen-bond donors (Lipinski definition) is 0. The minimum Gasteiger partial charge on any atom is -0.256 e. The normalized spacial score (nSPS) is 11.5. The first-order chi connectivity index (χ1) is 19.9. The molecular weight excluding hydrogens is 486 g/mol. The van der Waals surface area contributed by atoms with Gasteiger partial charge in [0.05, 0.1) is 16.9 Å². The summed E-state index contributed by atoms with van der Waals surface area (Å²) in [6, 6.07) is 42.7. The molecule has 5 aromatic carbocycles. The molecule has 0 fully saturated rings. The van der Waals surface area contributed by atoms with Crippen molar-refractivity contribution in [3.05, 3.63) is 140 Å². The predicted octanol–water partition coefficient (Wildman–Crippen LogP) is 9.49. The van der Waals surface area contributed by atoms with Crippen LogP contribution in [0.1, 0.15) is 0 Å². The number of hydrogen-bond acceptors (Lipinski definition) is 3. The van der Waals surface area contributed by atoms with Gasteiger partial charge >= 0.3 is 0 Å². The Bertz CT molecular complexity index is 2200. The average molecular weight is 510 g/mol. The van der Waals surface area contributed by atoms with E-state index in [1.165, 1.54) is 27.1 Å². The summed E-state index contributed by atoms with van der Waals surface area (Å²) in [5.41, 5.74) is 7.51. The van der Waals surface area contributed by atoms with Crippen LogP contribution in [0.3, 0.4) is 0 Å². The molecule has 0 amide bonds. The van der Waals surface area contributed by atoms with Crippen LogP contribution < -0.4 is 0 Å². The van der Waals surface area contributed by atoms with Crippen LogP contribution >= 0.6 is 0 Å². The topological polar surface area (TPSA) is 38.7 Å². The van der Waals surface area contributed by atoms with Gasteiger partial charge in [-0.1, -0.05) is 78.9 Å². The molecule has 3 aromatic heterocycles. The van der Waals surface area contributed by atoms with E-state index in [0.29, 0.717) is 0 Å². The lowest BCUT2D eigenvalue weighted by Crippen LogP contribution is -1.94. The first-order valence-corrected chi connectivity index (χ1v) is 13.4. The molecule has 8 aromatic rings. The van der Waals surface area contributed by atoms with E-state index in [1.807, 2.05) is 36.8 Å². The summed E-state index contributed by atoms with van der Waals surface area (Å²) in [6.07, 6.45) is 5.60. The van der Waals surface area contributed by atoms with E-state index < -0.39 is 0 Å². The Kier molecular flexibility index (Phi) is 5.14. The van der Waals surface area contributed by atoms with Gasteiger partial charge in [0, 0.05) is 35.1 Å². The fourth-order valence-corrected chi connectivity index (χ4v) is 6.09. The van der Waals surface area contributed by atoms with E-state index >= 15 is 0 Å². The second kappa shape index (κ2) is 9.11. The summed E-state index contributed by atoms with van der Waals surface area (Å²) in [5, 5.41) is 8.23. The molecule has 0 saturated carbocycles. The van der Waals surface area contributed by atoms with Crippen LogP contribution in [0.25, 0.3) is 76.9 Å². The molecule has 0 aliphatic rings. The third-order valence-electron chi connectivity index (χ3n) is 7.80. The van der Waals surface area contributed by atoms with Gasteiger partial charge in [-0.25, -0.2) is 0 Å². The van der Waals surface area contributed by atoms with E-state index in [2.05, 4.69) is 103 Å². The molecule has 3 heterocycles. The Hall–Kier alpha value is -5.41. The molecule has 40 heavy (non-hydrogen) atoms. The lowest BCUT2D eigenvalue weighted by atomic mass is 9.86. The lowest BCUT2D eigenvalue weighted by Gasteiger charge is -2.18. The number of aromatic nitrogens is 3. The molecule has 0 N–H and O–H groups in total. The third kappa shape index (κ3) is 3.49. The van der Waals surface area contributed by atoms with Crippen molar-refractivity contribution in [1.29, 1.82) is 0 Å². The lowest BCUT2D eigenvalue weighted by molar-refractivity contribution is 1.33. The molecule has 0 bridgehead atoms. The van der Waals surface area contributed by atoms with Crippen LogP contribution in [-0.2, 0) is 0 Å². The summed E-state index contributed by atoms with van der Waals surface area (Å²) in [6.45, 7) is 0. The zero-order chi connectivity index (χ0) is 26.5. The standard InChI is InChI=1S/C37H23N3/c1-2-11-26-25(10-1)27-14-9-21-40-35(27)23-31(26)24-17-18-30-32(22-24)37(34-16-6-8-20-39-34)29-13-4-3-12-28(29)36(30)33-15-5-7-19-38-33/h1-23H. The predicted molar refractivity (Wildman–Crippen MR) is 166 cm³/mol. The smallest absolute Gasteiger partial charge is 0.0714 e. The highest BCUT2D eigenvalue weighted by molar-refractivity contribution is 6.22. The summed E-state index contributed by atoms with van der Waals surface area (Å²) < 4.78 is 0. The molecule has 8 rings (SSSR count). The highest BCUT2D eigenvalue weighted by atomic mass is 14.7. The molecule has 0 saturated heterocycles. The molecular formula is C37H23N3. The molecule has 0 aliphatic carbocycles. The zero-order valence-corrected chi connectivity index (χ0v) is 21.6. The maximum Gasteiger partial charge on any atom is 0.0714 e. The van der Waals surface area contributed by atoms with E-state index in [4.69, 9.17) is 15.0 Å². The fourth-order valence-electron chi connectivity index (χ4n) is 6.09. The quantitative estimate of drug-likeness (QED) is 0.176. The molecule has 3 heteroatoms. The average Bonchev–Trinajstić information content (AvgIpc) is 3.03. The van der Waals surface area contributed by atoms with Crippen LogP contribution in [0.15, 0.2) is 140 Å². The summed E-state index contributed by atoms with van der Waals surface area (Å²) >= 11 is 0. The first kappa shape index (κ1) is 22.6. The van der Waals surface area contributed by atoms with Crippen LogP contribution in [0.5, 0.6) is 0 Å². The van der Waals surface area contributed by atoms with Crippen molar-refractivity contribution in [3.63, 3.8) is 0 Å². The van der Waals surface area contributed by atoms with E-state index in [9.17, 15) is 0 Å². The number of benzene rings is 5. The van der Waals surface area contributed by atoms with Crippen molar-refractivity contribution in [2.75, 3.05) is 0 Å². The highest BCUT2D eigenvalue weighted by Crippen LogP contribution is 2.44. The Balaban J connectivity index is 1.53. The van der Waals surface area contributed by atoms with Gasteiger partial charge in [0.1, 0.15) is 0 Å². The van der Waals surface area contributed by atoms with E-state index in [-0.39, 0.29) is 0 Å². The summed E-state index contributed by atoms with van der Waals surface area (Å²) in [4.78, 5) is 14.3. The molecule has 0 aliphatic heterocycles. The van der Waals surface area contributed by atoms with Gasteiger partial charge in [-0.15, -0.1) is 0 Å². The van der Waals surface area contributed by atoms with Crippen molar-refractivity contribution in [1.82, 2.24) is 15.0 Å². The minimum absolute atomic E-state index is 0.957. The second-order valence-electron chi connectivity index (χ2n) is 10.0. The van der Waals surface area contributed by atoms with Crippen LogP contribution in [0.4, 0.5) is 0 Å². The van der Waals surface area contributed by atoms with Gasteiger partial charge in [-0.2, -0.15) is 0 Å². The number of rotatable bonds is 3. The van der Waals surface area contributed by atoms with Crippen molar-refractivity contribution >= 4 is 43.2 Å². The first-order valence-electron chi connectivity index (χ1n) is 13.4. The van der Waals surface area contributed by atoms with Crippen LogP contribution in [-0.4, -0.2) is 15.0 Å². The monoisotopic (exact) mass is 509 g/mol. The Morgan fingerprint density at radius 3 is 1.57 bits per heavy atom. The number of pyridine rings is 3. The van der Waals surface area contributed by atoms with Crippen molar-refractivity contribution in [2.45, 2.75) is 0 Å². The van der Waals surface area contributed by atoms with Gasteiger partial charge in [0.2, 0.25) is 0 Å². The molecule has 0 spiro atoms.